The third-order valence-electron chi connectivity index (χ3n) is 2.45. The van der Waals surface area contributed by atoms with Crippen LogP contribution in [0, 0.1) is 11.3 Å². The van der Waals surface area contributed by atoms with Gasteiger partial charge in [-0.05, 0) is 6.07 Å². The minimum Gasteiger partial charge on any atom is -0.478 e. The molecule has 0 fully saturated rings. The summed E-state index contributed by atoms with van der Waals surface area (Å²) in [6.45, 7) is 1.46. The van der Waals surface area contributed by atoms with Crippen LogP contribution in [0.3, 0.4) is 0 Å². The molecule has 1 aromatic carbocycles. The zero-order valence-corrected chi connectivity index (χ0v) is 9.89. The Morgan fingerprint density at radius 1 is 1.33 bits per heavy atom. The Morgan fingerprint density at radius 3 is 3.00 bits per heavy atom. The van der Waals surface area contributed by atoms with E-state index < -0.39 is 0 Å². The number of H-pyrrole nitrogens is 1. The van der Waals surface area contributed by atoms with Gasteiger partial charge in [-0.25, -0.2) is 4.98 Å². The van der Waals surface area contributed by atoms with Crippen molar-refractivity contribution in [1.82, 2.24) is 15.3 Å². The fraction of sp³-hybridized carbons (Fsp3) is 0.231. The summed E-state index contributed by atoms with van der Waals surface area (Å²) in [4.78, 5) is 6.97. The van der Waals surface area contributed by atoms with E-state index >= 15 is 0 Å². The fourth-order valence-electron chi connectivity index (χ4n) is 1.61. The minimum absolute atomic E-state index is 0.0670. The molecule has 0 saturated carbocycles. The van der Waals surface area contributed by atoms with Crippen LogP contribution in [0.1, 0.15) is 11.3 Å². The quantitative estimate of drug-likeness (QED) is 0.807. The van der Waals surface area contributed by atoms with Crippen molar-refractivity contribution in [2.45, 2.75) is 13.1 Å². The number of hydrogen-bond donors (Lipinski definition) is 2. The summed E-state index contributed by atoms with van der Waals surface area (Å²) in [5, 5.41) is 11.8. The number of nitrogens with zero attached hydrogens (tertiary/aromatic N) is 2. The van der Waals surface area contributed by atoms with E-state index in [-0.39, 0.29) is 6.61 Å². The maximum absolute atomic E-state index is 8.52. The third kappa shape index (κ3) is 3.34. The normalized spacial score (nSPS) is 9.94. The van der Waals surface area contributed by atoms with Crippen LogP contribution in [0.2, 0.25) is 0 Å². The topological polar surface area (TPSA) is 73.7 Å². The highest BCUT2D eigenvalue weighted by Gasteiger charge is 2.02. The van der Waals surface area contributed by atoms with Crippen LogP contribution in [0.25, 0.3) is 0 Å². The van der Waals surface area contributed by atoms with Gasteiger partial charge in [0.2, 0.25) is 0 Å². The SMILES string of the molecule is N#CCOc1ccccc1CNCc1cnc[nH]1. The summed E-state index contributed by atoms with van der Waals surface area (Å²) in [6.07, 6.45) is 3.44. The Hall–Kier alpha value is -2.32. The highest BCUT2D eigenvalue weighted by atomic mass is 16.5. The maximum Gasteiger partial charge on any atom is 0.174 e. The lowest BCUT2D eigenvalue weighted by Crippen LogP contribution is -2.13. The van der Waals surface area contributed by atoms with Crippen molar-refractivity contribution in [2.75, 3.05) is 6.61 Å². The van der Waals surface area contributed by atoms with Gasteiger partial charge in [0.05, 0.1) is 6.33 Å². The lowest BCUT2D eigenvalue weighted by atomic mass is 10.2. The van der Waals surface area contributed by atoms with Crippen LogP contribution < -0.4 is 10.1 Å². The zero-order valence-electron chi connectivity index (χ0n) is 9.89. The van der Waals surface area contributed by atoms with Crippen LogP contribution in [-0.2, 0) is 13.1 Å². The van der Waals surface area contributed by atoms with Gasteiger partial charge in [-0.2, -0.15) is 5.26 Å². The Morgan fingerprint density at radius 2 is 2.22 bits per heavy atom. The molecular weight excluding hydrogens is 228 g/mol. The molecule has 0 aliphatic carbocycles. The first-order chi connectivity index (χ1) is 8.90. The summed E-state index contributed by atoms with van der Waals surface area (Å²) in [6, 6.07) is 9.66. The third-order valence-corrected chi connectivity index (χ3v) is 2.45. The first-order valence-corrected chi connectivity index (χ1v) is 5.66. The van der Waals surface area contributed by atoms with Gasteiger partial charge in [-0.3, -0.25) is 0 Å². The van der Waals surface area contributed by atoms with Crippen molar-refractivity contribution in [1.29, 1.82) is 5.26 Å². The Labute approximate surface area is 105 Å². The van der Waals surface area contributed by atoms with E-state index in [1.807, 2.05) is 30.3 Å². The highest BCUT2D eigenvalue weighted by Crippen LogP contribution is 2.17. The van der Waals surface area contributed by atoms with Crippen LogP contribution in [0.4, 0.5) is 0 Å². The van der Waals surface area contributed by atoms with E-state index in [4.69, 9.17) is 10.00 Å². The van der Waals surface area contributed by atoms with Gasteiger partial charge in [0.15, 0.2) is 6.61 Å². The van der Waals surface area contributed by atoms with Crippen molar-refractivity contribution in [3.05, 3.63) is 48.0 Å². The number of hydrogen-bond acceptors (Lipinski definition) is 4. The van der Waals surface area contributed by atoms with E-state index in [1.165, 1.54) is 0 Å². The molecule has 1 heterocycles. The summed E-state index contributed by atoms with van der Waals surface area (Å²) in [5.74, 6) is 0.746. The lowest BCUT2D eigenvalue weighted by Gasteiger charge is -2.09. The highest BCUT2D eigenvalue weighted by molar-refractivity contribution is 5.33. The first kappa shape index (κ1) is 12.1. The largest absolute Gasteiger partial charge is 0.478 e. The predicted molar refractivity (Wildman–Crippen MR) is 66.7 cm³/mol. The van der Waals surface area contributed by atoms with Crippen molar-refractivity contribution < 1.29 is 4.74 Å². The summed E-state index contributed by atoms with van der Waals surface area (Å²) in [7, 11) is 0. The number of aromatic nitrogens is 2. The second-order valence-corrected chi connectivity index (χ2v) is 3.73. The molecule has 92 valence electrons. The molecule has 0 aliphatic heterocycles. The number of ether oxygens (including phenoxy) is 1. The number of rotatable bonds is 6. The van der Waals surface area contributed by atoms with Crippen LogP contribution in [-0.4, -0.2) is 16.6 Å². The van der Waals surface area contributed by atoms with Crippen LogP contribution >= 0.6 is 0 Å². The molecule has 0 radical (unpaired) electrons. The summed E-state index contributed by atoms with van der Waals surface area (Å²) >= 11 is 0. The molecule has 2 N–H and O–H groups in total. The van der Waals surface area contributed by atoms with Gasteiger partial charge >= 0.3 is 0 Å². The second kappa shape index (κ2) is 6.42. The van der Waals surface area contributed by atoms with Gasteiger partial charge in [-0.1, -0.05) is 18.2 Å². The smallest absolute Gasteiger partial charge is 0.174 e. The Balaban J connectivity index is 1.90. The minimum atomic E-state index is 0.0670. The van der Waals surface area contributed by atoms with Gasteiger partial charge in [0, 0.05) is 30.5 Å². The monoisotopic (exact) mass is 242 g/mol. The molecule has 2 aromatic rings. The average Bonchev–Trinajstić information content (AvgIpc) is 2.91. The van der Waals surface area contributed by atoms with E-state index in [0.717, 1.165) is 17.0 Å². The number of para-hydroxylation sites is 1. The molecule has 5 heteroatoms. The second-order valence-electron chi connectivity index (χ2n) is 3.73. The van der Waals surface area contributed by atoms with E-state index in [9.17, 15) is 0 Å². The maximum atomic E-state index is 8.52. The fourth-order valence-corrected chi connectivity index (χ4v) is 1.61. The molecular formula is C13H14N4O. The summed E-state index contributed by atoms with van der Waals surface area (Å²) in [5.41, 5.74) is 2.07. The molecule has 18 heavy (non-hydrogen) atoms. The number of imidazole rings is 1. The van der Waals surface area contributed by atoms with Crippen LogP contribution in [0.15, 0.2) is 36.8 Å². The number of nitrogens with one attached hydrogen (secondary N) is 2. The molecule has 0 unspecified atom stereocenters. The summed E-state index contributed by atoms with van der Waals surface area (Å²) < 4.78 is 5.35. The van der Waals surface area contributed by atoms with Gasteiger partial charge in [-0.15, -0.1) is 0 Å². The van der Waals surface area contributed by atoms with E-state index in [2.05, 4.69) is 15.3 Å². The van der Waals surface area contributed by atoms with E-state index in [1.54, 1.807) is 12.5 Å². The standard InChI is InChI=1S/C13H14N4O/c14-5-6-18-13-4-2-1-3-11(13)7-15-8-12-9-16-10-17-12/h1-4,9-10,15H,6-8H2,(H,16,17). The number of aromatic amines is 1. The lowest BCUT2D eigenvalue weighted by molar-refractivity contribution is 0.362. The molecule has 0 spiro atoms. The number of benzene rings is 1. The molecule has 1 aromatic heterocycles. The van der Waals surface area contributed by atoms with E-state index in [0.29, 0.717) is 13.1 Å². The Bertz CT molecular complexity index is 516. The molecule has 2 rings (SSSR count). The van der Waals surface area contributed by atoms with Gasteiger partial charge in [0.25, 0.3) is 0 Å². The molecule has 0 aliphatic rings. The molecule has 0 amide bonds. The van der Waals surface area contributed by atoms with Crippen molar-refractivity contribution >= 4 is 0 Å². The molecule has 0 atom stereocenters. The van der Waals surface area contributed by atoms with Gasteiger partial charge < -0.3 is 15.0 Å². The molecule has 5 nitrogen and oxygen atoms in total. The van der Waals surface area contributed by atoms with Crippen LogP contribution in [0.5, 0.6) is 5.75 Å². The van der Waals surface area contributed by atoms with Crippen molar-refractivity contribution in [3.63, 3.8) is 0 Å². The number of nitriles is 1. The van der Waals surface area contributed by atoms with Crippen molar-refractivity contribution in [3.8, 4) is 11.8 Å². The predicted octanol–water partition coefficient (Wildman–Crippen LogP) is 1.60. The van der Waals surface area contributed by atoms with Crippen molar-refractivity contribution in [2.24, 2.45) is 0 Å². The zero-order chi connectivity index (χ0) is 12.6. The molecule has 0 bridgehead atoms. The van der Waals surface area contributed by atoms with Gasteiger partial charge in [0.1, 0.15) is 11.8 Å². The first-order valence-electron chi connectivity index (χ1n) is 5.66. The molecule has 0 saturated heterocycles. The Kier molecular flexibility index (Phi) is 4.33. The average molecular weight is 242 g/mol.